The Hall–Kier alpha value is -6.89. The van der Waals surface area contributed by atoms with Crippen LogP contribution in [0.2, 0.25) is 66.5 Å². The van der Waals surface area contributed by atoms with E-state index in [0.717, 1.165) is 86.9 Å². The van der Waals surface area contributed by atoms with E-state index in [0.29, 0.717) is 88.0 Å². The number of hydrogen-bond acceptors (Lipinski definition) is 0. The van der Waals surface area contributed by atoms with Crippen molar-refractivity contribution in [1.29, 1.82) is 0 Å². The molecular weight excluding hydrogens is 1260 g/mol. The molecule has 0 atom stereocenters. The van der Waals surface area contributed by atoms with Crippen molar-refractivity contribution in [3.63, 3.8) is 0 Å². The van der Waals surface area contributed by atoms with Gasteiger partial charge in [0.25, 0.3) is 0 Å². The number of fused-ring (bicyclic) bond motifs is 8. The molecule has 0 saturated carbocycles. The highest BCUT2D eigenvalue weighted by Crippen LogP contribution is 2.47. The zero-order valence-corrected chi connectivity index (χ0v) is 66.0. The van der Waals surface area contributed by atoms with Gasteiger partial charge in [0.1, 0.15) is 55.6 Å². The van der Waals surface area contributed by atoms with E-state index >= 15 is 17.6 Å². The summed E-state index contributed by atoms with van der Waals surface area (Å²) < 4.78 is 61.9. The van der Waals surface area contributed by atoms with E-state index in [1.54, 1.807) is 24.3 Å². The molecule has 10 rings (SSSR count). The van der Waals surface area contributed by atoms with Gasteiger partial charge in [-0.1, -0.05) is 246 Å². The first kappa shape index (κ1) is 75.9. The maximum absolute atomic E-state index is 15.5. The molecule has 0 fully saturated rings. The Kier molecular flexibility index (Phi) is 23.1. The lowest BCUT2D eigenvalue weighted by Crippen LogP contribution is -2.43. The molecule has 0 amide bonds. The topological polar surface area (TPSA) is 0 Å². The smallest absolute Gasteiger partial charge is 0.146 e. The van der Waals surface area contributed by atoms with Crippen LogP contribution in [0.5, 0.6) is 0 Å². The maximum atomic E-state index is 15.5. The Balaban J connectivity index is 0.000000245. The van der Waals surface area contributed by atoms with Crippen LogP contribution in [0.4, 0.5) is 17.6 Å². The summed E-state index contributed by atoms with van der Waals surface area (Å²) >= 11 is 0. The quantitative estimate of drug-likeness (QED) is 0.0495. The normalized spacial score (nSPS) is 12.6. The number of benzene rings is 10. The van der Waals surface area contributed by atoms with Crippen molar-refractivity contribution in [2.45, 2.75) is 240 Å². The van der Waals surface area contributed by atoms with Crippen molar-refractivity contribution in [2.24, 2.45) is 0 Å². The van der Waals surface area contributed by atoms with E-state index in [2.05, 4.69) is 236 Å². The molecule has 0 bridgehead atoms. The molecule has 0 saturated heterocycles. The molecule has 0 radical (unpaired) electrons. The predicted octanol–water partition coefficient (Wildman–Crippen LogP) is 28.1. The Morgan fingerprint density at radius 2 is 0.361 bits per heavy atom. The molecule has 508 valence electrons. The van der Waals surface area contributed by atoms with Gasteiger partial charge in [0, 0.05) is 43.8 Å². The van der Waals surface area contributed by atoms with Gasteiger partial charge >= 0.3 is 0 Å². The Bertz CT molecular complexity index is 4570. The summed E-state index contributed by atoms with van der Waals surface area (Å²) in [6, 6.07) is 37.4. The lowest BCUT2D eigenvalue weighted by Gasteiger charge is -2.38. The third kappa shape index (κ3) is 13.3. The van der Waals surface area contributed by atoms with Crippen LogP contribution in [0.3, 0.4) is 0 Å². The summed E-state index contributed by atoms with van der Waals surface area (Å²) in [7, 11) is -8.49. The van der Waals surface area contributed by atoms with Gasteiger partial charge in [0.15, 0.2) is 0 Å². The molecule has 0 aliphatic rings. The van der Waals surface area contributed by atoms with Crippen molar-refractivity contribution >= 4 is 118 Å². The van der Waals surface area contributed by atoms with Crippen LogP contribution in [0.1, 0.15) is 196 Å². The van der Waals surface area contributed by atoms with Crippen molar-refractivity contribution < 1.29 is 17.6 Å². The lowest BCUT2D eigenvalue weighted by molar-refractivity contribution is 0.639. The number of rotatable bonds is 12. The predicted molar refractivity (Wildman–Crippen MR) is 431 cm³/mol. The molecule has 0 aliphatic carbocycles. The second kappa shape index (κ2) is 29.5. The molecular formula is C89H108F4Si4. The number of halogens is 4. The average Bonchev–Trinajstić information content (AvgIpc) is 0.729. The van der Waals surface area contributed by atoms with Gasteiger partial charge in [0.05, 0.1) is 0 Å². The van der Waals surface area contributed by atoms with Crippen LogP contribution in [-0.4, -0.2) is 32.3 Å². The van der Waals surface area contributed by atoms with E-state index in [1.165, 1.54) is 24.3 Å². The minimum absolute atomic E-state index is 0. The highest BCUT2D eigenvalue weighted by molar-refractivity contribution is 6.92. The standard InChI is InChI=1S/2C44H52F2Si2.CH4/c1-27(2)47(28(3)4,29(5)6)21-19-35-39-23-33-15-13-18-44(46)38(33)26-42(39)36(20-22-48(30(7)8,31(9)10)32(11)12)40-24-34-16-14-17-43(45)37(34)25-41(35)40;1-27(2)47(28(3)4,29(5)6)21-19-35-39-23-33-15-13-17-43(45)37(33)25-41(39)36(20-22-48(30(7)8,31(9)10)32(11)12)42-26-38-34(24-40(35)42)16-14-18-44(38)46;/h2*13-18,23-32H,1-12H3;1H4. The van der Waals surface area contributed by atoms with Crippen LogP contribution in [0.25, 0.3) is 86.2 Å². The zero-order valence-electron chi connectivity index (χ0n) is 62.0. The fourth-order valence-corrected chi connectivity index (χ4v) is 39.2. The molecule has 10 aromatic rings. The first-order valence-corrected chi connectivity index (χ1v) is 44.6. The molecule has 0 heterocycles. The summed E-state index contributed by atoms with van der Waals surface area (Å²) in [4.78, 5) is 0. The van der Waals surface area contributed by atoms with E-state index in [4.69, 9.17) is 0 Å². The minimum Gasteiger partial charge on any atom is -0.206 e. The molecule has 0 nitrogen and oxygen atoms in total. The molecule has 8 heteroatoms. The van der Waals surface area contributed by atoms with Gasteiger partial charge in [-0.25, -0.2) is 17.6 Å². The number of hydrogen-bond donors (Lipinski definition) is 0. The van der Waals surface area contributed by atoms with Crippen molar-refractivity contribution in [3.05, 3.63) is 167 Å². The lowest BCUT2D eigenvalue weighted by atomic mass is 9.89. The fourth-order valence-electron chi connectivity index (χ4n) is 18.3. The largest absolute Gasteiger partial charge is 0.206 e. The van der Waals surface area contributed by atoms with E-state index in [-0.39, 0.29) is 30.7 Å². The molecule has 0 aromatic heterocycles. The monoisotopic (exact) mass is 1360 g/mol. The van der Waals surface area contributed by atoms with Crippen molar-refractivity contribution in [1.82, 2.24) is 0 Å². The van der Waals surface area contributed by atoms with Crippen LogP contribution < -0.4 is 0 Å². The molecule has 0 aliphatic heterocycles. The second-order valence-corrected chi connectivity index (χ2v) is 53.8. The van der Waals surface area contributed by atoms with Gasteiger partial charge in [-0.3, -0.25) is 0 Å². The van der Waals surface area contributed by atoms with E-state index in [9.17, 15) is 0 Å². The SMILES string of the molecule is C.CC(C)[Si](C#Cc1c2cc3cccc(F)c3cc2c(C#C[Si](C(C)C)(C(C)C)C(C)C)c2cc3c(F)cccc3cc12)(C(C)C)C(C)C.CC(C)[Si](C#Cc1c2cc3cccc(F)c3cc2c(C#C[Si](C(C)C)(C(C)C)C(C)C)c2cc3cccc(F)c3cc12)(C(C)C)C(C)C. The zero-order chi connectivity index (χ0) is 70.6. The molecule has 0 spiro atoms. The first-order valence-electron chi connectivity index (χ1n) is 35.7. The Morgan fingerprint density at radius 3 is 0.505 bits per heavy atom. The van der Waals surface area contributed by atoms with E-state index < -0.39 is 32.3 Å². The van der Waals surface area contributed by atoms with Crippen LogP contribution in [0.15, 0.2) is 121 Å². The van der Waals surface area contributed by atoms with Crippen LogP contribution in [0, 0.1) is 69.1 Å². The minimum atomic E-state index is -2.14. The van der Waals surface area contributed by atoms with Gasteiger partial charge in [-0.2, -0.15) is 0 Å². The molecule has 0 unspecified atom stereocenters. The fraction of sp³-hybridized carbons (Fsp3) is 0.416. The first-order chi connectivity index (χ1) is 45.1. The second-order valence-electron chi connectivity index (χ2n) is 31.5. The third-order valence-electron chi connectivity index (χ3n) is 23.1. The highest BCUT2D eigenvalue weighted by atomic mass is 28.3. The molecule has 0 N–H and O–H groups in total. The molecule has 97 heavy (non-hydrogen) atoms. The summed E-state index contributed by atoms with van der Waals surface area (Å²) in [5, 5.41) is 13.1. The average molecular weight is 1370 g/mol. The highest BCUT2D eigenvalue weighted by Gasteiger charge is 2.45. The summed E-state index contributed by atoms with van der Waals surface area (Å²) in [6.07, 6.45) is 0. The van der Waals surface area contributed by atoms with Crippen molar-refractivity contribution in [3.8, 4) is 45.9 Å². The van der Waals surface area contributed by atoms with Crippen molar-refractivity contribution in [2.75, 3.05) is 0 Å². The van der Waals surface area contributed by atoms with Crippen LogP contribution in [-0.2, 0) is 0 Å². The third-order valence-corrected chi connectivity index (χ3v) is 48.3. The molecule has 10 aromatic carbocycles. The summed E-state index contributed by atoms with van der Waals surface area (Å²) in [5.74, 6) is 14.1. The maximum Gasteiger partial charge on any atom is 0.146 e. The van der Waals surface area contributed by atoms with Gasteiger partial charge in [0.2, 0.25) is 0 Å². The summed E-state index contributed by atoms with van der Waals surface area (Å²) in [6.45, 7) is 55.7. The Labute approximate surface area is 585 Å². The summed E-state index contributed by atoms with van der Waals surface area (Å²) in [5.41, 5.74) is 24.9. The van der Waals surface area contributed by atoms with Crippen LogP contribution >= 0.6 is 0 Å². The van der Waals surface area contributed by atoms with Gasteiger partial charge in [-0.15, -0.1) is 22.2 Å². The Morgan fingerprint density at radius 1 is 0.216 bits per heavy atom. The van der Waals surface area contributed by atoms with Gasteiger partial charge < -0.3 is 0 Å². The van der Waals surface area contributed by atoms with E-state index in [1.807, 2.05) is 48.5 Å². The van der Waals surface area contributed by atoms with Gasteiger partial charge in [-0.05, 0) is 204 Å².